The van der Waals surface area contributed by atoms with Crippen LogP contribution in [0.2, 0.25) is 5.02 Å². The van der Waals surface area contributed by atoms with Gasteiger partial charge in [-0.3, -0.25) is 4.68 Å². The molecule has 0 amide bonds. The maximum atomic E-state index is 6.02. The van der Waals surface area contributed by atoms with Gasteiger partial charge in [0, 0.05) is 18.2 Å². The third kappa shape index (κ3) is 1.43. The van der Waals surface area contributed by atoms with Crippen LogP contribution in [0.4, 0.5) is 5.82 Å². The molecule has 17 heavy (non-hydrogen) atoms. The van der Waals surface area contributed by atoms with Crippen molar-refractivity contribution >= 4 is 17.4 Å². The zero-order chi connectivity index (χ0) is 12.0. The zero-order valence-corrected chi connectivity index (χ0v) is 9.86. The molecule has 2 heterocycles. The third-order valence-corrected chi connectivity index (χ3v) is 3.04. The molecule has 5 nitrogen and oxygen atoms in total. The summed E-state index contributed by atoms with van der Waals surface area (Å²) in [7, 11) is 1.78. The Labute approximate surface area is 103 Å². The van der Waals surface area contributed by atoms with Crippen molar-refractivity contribution in [3.05, 3.63) is 23.4 Å². The van der Waals surface area contributed by atoms with E-state index in [1.54, 1.807) is 24.0 Å². The first-order chi connectivity index (χ1) is 8.18. The molecule has 0 saturated heterocycles. The number of benzene rings is 1. The first kappa shape index (κ1) is 10.3. The van der Waals surface area contributed by atoms with Crippen LogP contribution in [0, 0.1) is 0 Å². The largest absolute Gasteiger partial charge is 0.453 e. The molecule has 0 bridgehead atoms. The molecule has 0 radical (unpaired) electrons. The molecule has 1 aliphatic heterocycles. The van der Waals surface area contributed by atoms with Gasteiger partial charge in [-0.1, -0.05) is 11.6 Å². The Hall–Kier alpha value is -1.88. The van der Waals surface area contributed by atoms with Gasteiger partial charge in [0.05, 0.1) is 11.2 Å². The van der Waals surface area contributed by atoms with Crippen LogP contribution in [0.15, 0.2) is 18.3 Å². The van der Waals surface area contributed by atoms with E-state index >= 15 is 0 Å². The Balaban J connectivity index is 2.23. The molecule has 88 valence electrons. The van der Waals surface area contributed by atoms with Crippen molar-refractivity contribution in [3.63, 3.8) is 0 Å². The number of nitrogens with two attached hydrogens (primary N) is 1. The second kappa shape index (κ2) is 3.56. The molecule has 0 unspecified atom stereocenters. The van der Waals surface area contributed by atoms with E-state index in [1.807, 2.05) is 6.07 Å². The van der Waals surface area contributed by atoms with Crippen molar-refractivity contribution in [1.29, 1.82) is 0 Å². The highest BCUT2D eigenvalue weighted by Gasteiger charge is 2.23. The second-order valence-electron chi connectivity index (χ2n) is 3.73. The van der Waals surface area contributed by atoms with Crippen molar-refractivity contribution < 1.29 is 9.47 Å². The Morgan fingerprint density at radius 3 is 2.76 bits per heavy atom. The van der Waals surface area contributed by atoms with Crippen LogP contribution < -0.4 is 15.2 Å². The second-order valence-corrected chi connectivity index (χ2v) is 4.13. The highest BCUT2D eigenvalue weighted by atomic mass is 35.5. The van der Waals surface area contributed by atoms with Crippen LogP contribution in [0.5, 0.6) is 11.5 Å². The number of aryl methyl sites for hydroxylation is 1. The average Bonchev–Trinajstić information content (AvgIpc) is 2.91. The molecule has 0 fully saturated rings. The summed E-state index contributed by atoms with van der Waals surface area (Å²) in [5.41, 5.74) is 7.59. The lowest BCUT2D eigenvalue weighted by atomic mass is 10.1. The number of aromatic nitrogens is 2. The first-order valence-corrected chi connectivity index (χ1v) is 5.42. The number of hydrogen-bond acceptors (Lipinski definition) is 4. The van der Waals surface area contributed by atoms with Crippen LogP contribution in [-0.4, -0.2) is 16.6 Å². The normalized spacial score (nSPS) is 13.1. The highest BCUT2D eigenvalue weighted by Crippen LogP contribution is 2.46. The van der Waals surface area contributed by atoms with E-state index in [-0.39, 0.29) is 6.79 Å². The molecule has 0 saturated carbocycles. The van der Waals surface area contributed by atoms with Crippen LogP contribution >= 0.6 is 11.6 Å². The van der Waals surface area contributed by atoms with Crippen LogP contribution in [0.25, 0.3) is 11.1 Å². The van der Waals surface area contributed by atoms with Crippen LogP contribution in [0.3, 0.4) is 0 Å². The molecule has 1 aromatic heterocycles. The molecule has 2 aromatic rings. The Morgan fingerprint density at radius 2 is 2.06 bits per heavy atom. The summed E-state index contributed by atoms with van der Waals surface area (Å²) >= 11 is 6.02. The number of anilines is 1. The summed E-state index contributed by atoms with van der Waals surface area (Å²) in [6, 6.07) is 3.61. The number of nitrogen functional groups attached to an aromatic ring is 1. The van der Waals surface area contributed by atoms with Crippen LogP contribution in [-0.2, 0) is 7.05 Å². The van der Waals surface area contributed by atoms with E-state index in [4.69, 9.17) is 26.8 Å². The zero-order valence-electron chi connectivity index (χ0n) is 9.11. The van der Waals surface area contributed by atoms with Crippen molar-refractivity contribution in [2.45, 2.75) is 0 Å². The topological polar surface area (TPSA) is 62.3 Å². The first-order valence-electron chi connectivity index (χ1n) is 5.04. The van der Waals surface area contributed by atoms with E-state index in [2.05, 4.69) is 5.10 Å². The van der Waals surface area contributed by atoms with Gasteiger partial charge in [0.1, 0.15) is 5.82 Å². The number of hydrogen-bond donors (Lipinski definition) is 1. The van der Waals surface area contributed by atoms with E-state index in [0.717, 1.165) is 11.1 Å². The van der Waals surface area contributed by atoms with Gasteiger partial charge in [-0.2, -0.15) is 5.10 Å². The fourth-order valence-electron chi connectivity index (χ4n) is 1.83. The minimum atomic E-state index is 0.173. The minimum absolute atomic E-state index is 0.173. The standard InChI is InChI=1S/C11H10ClN3O2/c1-15-11(13)7(4-14-15)6-2-3-8(12)10-9(6)16-5-17-10/h2-4H,5,13H2,1H3. The van der Waals surface area contributed by atoms with Crippen molar-refractivity contribution in [2.75, 3.05) is 12.5 Å². The van der Waals surface area contributed by atoms with E-state index in [1.165, 1.54) is 0 Å². The van der Waals surface area contributed by atoms with Gasteiger partial charge in [0.25, 0.3) is 0 Å². The molecule has 1 aliphatic rings. The van der Waals surface area contributed by atoms with E-state index < -0.39 is 0 Å². The van der Waals surface area contributed by atoms with Gasteiger partial charge < -0.3 is 15.2 Å². The lowest BCUT2D eigenvalue weighted by molar-refractivity contribution is 0.174. The van der Waals surface area contributed by atoms with Gasteiger partial charge in [-0.05, 0) is 12.1 Å². The van der Waals surface area contributed by atoms with Crippen molar-refractivity contribution in [3.8, 4) is 22.6 Å². The molecule has 1 aromatic carbocycles. The maximum Gasteiger partial charge on any atom is 0.231 e. The predicted molar refractivity (Wildman–Crippen MR) is 64.2 cm³/mol. The Bertz CT molecular complexity index is 595. The summed E-state index contributed by atoms with van der Waals surface area (Å²) in [5, 5.41) is 4.63. The maximum absolute atomic E-state index is 6.02. The Morgan fingerprint density at radius 1 is 1.29 bits per heavy atom. The molecule has 0 atom stereocenters. The number of halogens is 1. The monoisotopic (exact) mass is 251 g/mol. The molecule has 3 rings (SSSR count). The van der Waals surface area contributed by atoms with E-state index in [9.17, 15) is 0 Å². The lowest BCUT2D eigenvalue weighted by Crippen LogP contribution is -1.98. The van der Waals surface area contributed by atoms with Gasteiger partial charge in [0.15, 0.2) is 11.5 Å². The van der Waals surface area contributed by atoms with Gasteiger partial charge in [0.2, 0.25) is 6.79 Å². The summed E-state index contributed by atoms with van der Waals surface area (Å²) < 4.78 is 12.3. The minimum Gasteiger partial charge on any atom is -0.453 e. The predicted octanol–water partition coefficient (Wildman–Crippen LogP) is 2.05. The number of rotatable bonds is 1. The van der Waals surface area contributed by atoms with Gasteiger partial charge in [-0.25, -0.2) is 0 Å². The number of ether oxygens (including phenoxy) is 2. The molecule has 6 heteroatoms. The van der Waals surface area contributed by atoms with Gasteiger partial charge in [-0.15, -0.1) is 0 Å². The number of fused-ring (bicyclic) bond motifs is 1. The summed E-state index contributed by atoms with van der Waals surface area (Å²) in [5.74, 6) is 1.76. The highest BCUT2D eigenvalue weighted by molar-refractivity contribution is 6.32. The van der Waals surface area contributed by atoms with Crippen LogP contribution in [0.1, 0.15) is 0 Å². The molecule has 0 spiro atoms. The Kier molecular flexibility index (Phi) is 2.16. The molecular weight excluding hydrogens is 242 g/mol. The van der Waals surface area contributed by atoms with Crippen molar-refractivity contribution in [2.24, 2.45) is 7.05 Å². The fraction of sp³-hybridized carbons (Fsp3) is 0.182. The molecular formula is C11H10ClN3O2. The van der Waals surface area contributed by atoms with Crippen molar-refractivity contribution in [1.82, 2.24) is 9.78 Å². The smallest absolute Gasteiger partial charge is 0.231 e. The van der Waals surface area contributed by atoms with E-state index in [0.29, 0.717) is 22.3 Å². The molecule has 2 N–H and O–H groups in total. The average molecular weight is 252 g/mol. The summed E-state index contributed by atoms with van der Waals surface area (Å²) in [4.78, 5) is 0. The quantitative estimate of drug-likeness (QED) is 0.843. The lowest BCUT2D eigenvalue weighted by Gasteiger charge is -2.06. The summed E-state index contributed by atoms with van der Waals surface area (Å²) in [6.45, 7) is 0.173. The SMILES string of the molecule is Cn1ncc(-c2ccc(Cl)c3c2OCO3)c1N. The van der Waals surface area contributed by atoms with Gasteiger partial charge >= 0.3 is 0 Å². The third-order valence-electron chi connectivity index (χ3n) is 2.75. The fourth-order valence-corrected chi connectivity index (χ4v) is 2.03. The molecule has 0 aliphatic carbocycles. The number of nitrogens with zero attached hydrogens (tertiary/aromatic N) is 2. The summed E-state index contributed by atoms with van der Waals surface area (Å²) in [6.07, 6.45) is 1.69.